The molecule has 2 aliphatic heterocycles. The molecule has 3 amide bonds. The summed E-state index contributed by atoms with van der Waals surface area (Å²) in [5, 5.41) is -0.208. The average Bonchev–Trinajstić information content (AvgIpc) is 3.48. The number of halogens is 4. The van der Waals surface area contributed by atoms with Gasteiger partial charge in [0.15, 0.2) is 11.3 Å². The van der Waals surface area contributed by atoms with E-state index in [4.69, 9.17) is 11.6 Å². The summed E-state index contributed by atoms with van der Waals surface area (Å²) in [6.45, 7) is 0.570. The van der Waals surface area contributed by atoms with E-state index in [1.54, 1.807) is 16.8 Å². The monoisotopic (exact) mass is 483 g/mol. The molecule has 0 bridgehead atoms. The first-order valence-electron chi connectivity index (χ1n) is 10.7. The van der Waals surface area contributed by atoms with Gasteiger partial charge in [-0.3, -0.25) is 18.8 Å². The second-order valence-electron chi connectivity index (χ2n) is 8.85. The summed E-state index contributed by atoms with van der Waals surface area (Å²) in [6.07, 6.45) is -1.32. The number of fused-ring (bicyclic) bond motifs is 1. The highest BCUT2D eigenvalue weighted by atomic mass is 35.5. The highest BCUT2D eigenvalue weighted by molar-refractivity contribution is 6.33. The van der Waals surface area contributed by atoms with Crippen LogP contribution < -0.4 is 0 Å². The average molecular weight is 484 g/mol. The van der Waals surface area contributed by atoms with Crippen LogP contribution in [-0.4, -0.2) is 81.1 Å². The van der Waals surface area contributed by atoms with Gasteiger partial charge in [-0.15, -0.1) is 0 Å². The van der Waals surface area contributed by atoms with Gasteiger partial charge in [0.2, 0.25) is 11.8 Å². The number of alkyl halides is 3. The minimum atomic E-state index is -4.66. The molecule has 5 rings (SSSR count). The van der Waals surface area contributed by atoms with E-state index in [2.05, 4.69) is 4.98 Å². The highest BCUT2D eigenvalue weighted by Gasteiger charge is 2.40. The molecular weight excluding hydrogens is 463 g/mol. The lowest BCUT2D eigenvalue weighted by molar-refractivity contribution is -0.137. The van der Waals surface area contributed by atoms with Crippen molar-refractivity contribution in [2.45, 2.75) is 37.4 Å². The zero-order valence-electron chi connectivity index (χ0n) is 17.7. The summed E-state index contributed by atoms with van der Waals surface area (Å²) < 4.78 is 42.2. The number of carbonyl (C=O) groups excluding carboxylic acids is 3. The molecule has 4 heterocycles. The maximum atomic E-state index is 13.7. The molecule has 0 radical (unpaired) electrons. The Morgan fingerprint density at radius 2 is 1.91 bits per heavy atom. The van der Waals surface area contributed by atoms with Crippen LogP contribution in [0.3, 0.4) is 0 Å². The van der Waals surface area contributed by atoms with Crippen molar-refractivity contribution in [3.8, 4) is 0 Å². The lowest BCUT2D eigenvalue weighted by Crippen LogP contribution is -2.56. The molecule has 0 N–H and O–H groups in total. The van der Waals surface area contributed by atoms with Crippen molar-refractivity contribution in [1.82, 2.24) is 24.1 Å². The van der Waals surface area contributed by atoms with Crippen LogP contribution in [-0.2, 0) is 15.8 Å². The van der Waals surface area contributed by atoms with Crippen molar-refractivity contribution in [3.63, 3.8) is 0 Å². The largest absolute Gasteiger partial charge is 0.419 e. The van der Waals surface area contributed by atoms with E-state index in [-0.39, 0.29) is 60.7 Å². The first kappa shape index (κ1) is 22.0. The van der Waals surface area contributed by atoms with Crippen LogP contribution in [0.5, 0.6) is 0 Å². The molecule has 33 heavy (non-hydrogen) atoms. The van der Waals surface area contributed by atoms with Gasteiger partial charge in [0.1, 0.15) is 11.7 Å². The Labute approximate surface area is 191 Å². The molecule has 1 atom stereocenters. The number of hydrogen-bond acceptors (Lipinski definition) is 4. The number of likely N-dealkylation sites (tertiary alicyclic amines) is 1. The maximum Gasteiger partial charge on any atom is 0.419 e. The lowest BCUT2D eigenvalue weighted by Gasteiger charge is -2.37. The first-order chi connectivity index (χ1) is 15.5. The first-order valence-corrected chi connectivity index (χ1v) is 11.0. The van der Waals surface area contributed by atoms with Gasteiger partial charge in [0, 0.05) is 39.3 Å². The Hall–Kier alpha value is -2.82. The SMILES string of the molecule is CN1CC(N2CCN(C(=O)c3nc4c(C(F)(F)F)cc(C5CC5)cn4c3Cl)CC2=O)CC1=O. The van der Waals surface area contributed by atoms with Gasteiger partial charge in [0.05, 0.1) is 11.6 Å². The highest BCUT2D eigenvalue weighted by Crippen LogP contribution is 2.43. The third-order valence-electron chi connectivity index (χ3n) is 6.55. The fraction of sp³-hybridized carbons (Fsp3) is 0.524. The Kier molecular flexibility index (Phi) is 5.07. The fourth-order valence-corrected chi connectivity index (χ4v) is 4.82. The fourth-order valence-electron chi connectivity index (χ4n) is 4.57. The minimum Gasteiger partial charge on any atom is -0.344 e. The van der Waals surface area contributed by atoms with Crippen molar-refractivity contribution in [1.29, 1.82) is 0 Å². The topological polar surface area (TPSA) is 78.2 Å². The van der Waals surface area contributed by atoms with Crippen molar-refractivity contribution in [3.05, 3.63) is 34.2 Å². The summed E-state index contributed by atoms with van der Waals surface area (Å²) in [5.41, 5.74) is -1.18. The molecule has 2 saturated heterocycles. The number of rotatable bonds is 3. The predicted octanol–water partition coefficient (Wildman–Crippen LogP) is 2.40. The van der Waals surface area contributed by atoms with Gasteiger partial charge in [0.25, 0.3) is 5.91 Å². The van der Waals surface area contributed by atoms with Gasteiger partial charge in [-0.05, 0) is 30.4 Å². The third-order valence-corrected chi connectivity index (χ3v) is 6.91. The van der Waals surface area contributed by atoms with Crippen LogP contribution in [0.4, 0.5) is 13.2 Å². The van der Waals surface area contributed by atoms with Gasteiger partial charge in [-0.1, -0.05) is 11.6 Å². The van der Waals surface area contributed by atoms with Crippen LogP contribution in [0.25, 0.3) is 5.65 Å². The molecule has 3 fully saturated rings. The van der Waals surface area contributed by atoms with E-state index in [0.717, 1.165) is 23.3 Å². The zero-order chi connectivity index (χ0) is 23.7. The number of amides is 3. The summed E-state index contributed by atoms with van der Waals surface area (Å²) >= 11 is 6.34. The molecule has 1 aliphatic carbocycles. The van der Waals surface area contributed by atoms with Gasteiger partial charge in [-0.25, -0.2) is 4.98 Å². The standard InChI is InChI=1S/C21H21ClF3N5O3/c1-27-9-13(7-15(27)31)29-5-4-28(10-16(29)32)20(33)17-18(22)30-8-12(11-2-3-11)6-14(19(30)26-17)21(23,24)25/h6,8,11,13H,2-5,7,9-10H2,1H3. The number of hydrogen-bond donors (Lipinski definition) is 0. The number of likely N-dealkylation sites (N-methyl/N-ethyl adjacent to an activating group) is 1. The summed E-state index contributed by atoms with van der Waals surface area (Å²) in [6, 6.07) is 0.827. The van der Waals surface area contributed by atoms with Crippen LogP contribution in [0, 0.1) is 0 Å². The molecule has 1 unspecified atom stereocenters. The Morgan fingerprint density at radius 1 is 1.18 bits per heavy atom. The molecular formula is C21H21ClF3N5O3. The van der Waals surface area contributed by atoms with Crippen molar-refractivity contribution in [2.75, 3.05) is 33.2 Å². The number of piperazine rings is 1. The number of imidazole rings is 1. The lowest BCUT2D eigenvalue weighted by atomic mass is 10.1. The van der Waals surface area contributed by atoms with Gasteiger partial charge in [-0.2, -0.15) is 13.2 Å². The molecule has 12 heteroatoms. The van der Waals surface area contributed by atoms with Crippen LogP contribution in [0.1, 0.15) is 46.8 Å². The Balaban J connectivity index is 1.42. The quantitative estimate of drug-likeness (QED) is 0.671. The molecule has 0 aromatic carbocycles. The van der Waals surface area contributed by atoms with E-state index in [0.29, 0.717) is 12.1 Å². The smallest absolute Gasteiger partial charge is 0.344 e. The predicted molar refractivity (Wildman–Crippen MR) is 111 cm³/mol. The normalized spacial score (nSPS) is 22.1. The van der Waals surface area contributed by atoms with E-state index in [1.165, 1.54) is 11.1 Å². The number of nitrogens with zero attached hydrogens (tertiary/aromatic N) is 5. The number of aromatic nitrogens is 2. The van der Waals surface area contributed by atoms with E-state index in [9.17, 15) is 27.6 Å². The summed E-state index contributed by atoms with van der Waals surface area (Å²) in [4.78, 5) is 46.0. The van der Waals surface area contributed by atoms with E-state index >= 15 is 0 Å². The Morgan fingerprint density at radius 3 is 2.48 bits per heavy atom. The molecule has 2 aromatic rings. The van der Waals surface area contributed by atoms with Crippen LogP contribution in [0.2, 0.25) is 5.15 Å². The van der Waals surface area contributed by atoms with Crippen molar-refractivity contribution >= 4 is 35.0 Å². The minimum absolute atomic E-state index is 0.0420. The number of pyridine rings is 1. The van der Waals surface area contributed by atoms with Crippen LogP contribution in [0.15, 0.2) is 12.3 Å². The van der Waals surface area contributed by atoms with Crippen molar-refractivity contribution < 1.29 is 27.6 Å². The number of carbonyl (C=O) groups is 3. The molecule has 0 spiro atoms. The van der Waals surface area contributed by atoms with Crippen molar-refractivity contribution in [2.24, 2.45) is 0 Å². The molecule has 8 nitrogen and oxygen atoms in total. The second-order valence-corrected chi connectivity index (χ2v) is 9.21. The molecule has 3 aliphatic rings. The third kappa shape index (κ3) is 3.81. The molecule has 1 saturated carbocycles. The van der Waals surface area contributed by atoms with Gasteiger partial charge >= 0.3 is 6.18 Å². The van der Waals surface area contributed by atoms with Crippen LogP contribution >= 0.6 is 11.6 Å². The Bertz CT molecular complexity index is 1180. The van der Waals surface area contributed by atoms with E-state index in [1.807, 2.05) is 0 Å². The zero-order valence-corrected chi connectivity index (χ0v) is 18.5. The molecule has 176 valence electrons. The second kappa shape index (κ2) is 7.61. The maximum absolute atomic E-state index is 13.7. The molecule has 2 aromatic heterocycles. The summed E-state index contributed by atoms with van der Waals surface area (Å²) in [5.74, 6) is -1.03. The summed E-state index contributed by atoms with van der Waals surface area (Å²) in [7, 11) is 1.67. The van der Waals surface area contributed by atoms with Gasteiger partial charge < -0.3 is 14.7 Å². The van der Waals surface area contributed by atoms with E-state index < -0.39 is 23.3 Å².